The van der Waals surface area contributed by atoms with E-state index in [-0.39, 0.29) is 10.9 Å². The summed E-state index contributed by atoms with van der Waals surface area (Å²) in [4.78, 5) is 0. The molecular weight excluding hydrogens is 356 g/mol. The van der Waals surface area contributed by atoms with Crippen molar-refractivity contribution in [2.75, 3.05) is 6.61 Å². The largest absolute Gasteiger partial charge is 0.489 e. The van der Waals surface area contributed by atoms with Gasteiger partial charge < -0.3 is 4.74 Å². The highest BCUT2D eigenvalue weighted by Crippen LogP contribution is 2.31. The predicted octanol–water partition coefficient (Wildman–Crippen LogP) is 6.98. The second-order valence-corrected chi connectivity index (χ2v) is 5.86. The molecule has 0 aliphatic heterocycles. The Hall–Kier alpha value is -3.08. The lowest BCUT2D eigenvalue weighted by molar-refractivity contribution is 0.360. The summed E-state index contributed by atoms with van der Waals surface area (Å²) in [5.74, 6) is -0.794. The van der Waals surface area contributed by atoms with Crippen molar-refractivity contribution in [1.82, 2.24) is 0 Å². The van der Waals surface area contributed by atoms with Crippen LogP contribution in [0.4, 0.5) is 17.6 Å². The Morgan fingerprint density at radius 2 is 1.81 bits per heavy atom. The Labute approximate surface area is 154 Å². The van der Waals surface area contributed by atoms with Crippen LogP contribution in [0.1, 0.15) is 12.5 Å². The molecular formula is C22H16F4O. The van der Waals surface area contributed by atoms with E-state index >= 15 is 0 Å². The highest BCUT2D eigenvalue weighted by atomic mass is 19.3. The van der Waals surface area contributed by atoms with Gasteiger partial charge in [0.25, 0.3) is 6.08 Å². The maximum Gasteiger partial charge on any atom is 0.271 e. The SMILES string of the molecule is CC=CCOc1ccc(-c2ccc3c(F)c(C=C(F)F)ccc3c2)c(F)c1. The summed E-state index contributed by atoms with van der Waals surface area (Å²) >= 11 is 0. The second kappa shape index (κ2) is 8.08. The van der Waals surface area contributed by atoms with Gasteiger partial charge in [0, 0.05) is 28.7 Å². The van der Waals surface area contributed by atoms with Gasteiger partial charge in [-0.25, -0.2) is 8.78 Å². The van der Waals surface area contributed by atoms with E-state index in [1.54, 1.807) is 24.3 Å². The van der Waals surface area contributed by atoms with Crippen LogP contribution in [0.15, 0.2) is 66.8 Å². The van der Waals surface area contributed by atoms with E-state index in [9.17, 15) is 17.6 Å². The van der Waals surface area contributed by atoms with Crippen LogP contribution in [0.3, 0.4) is 0 Å². The summed E-state index contributed by atoms with van der Waals surface area (Å²) in [5.41, 5.74) is 0.706. The minimum Gasteiger partial charge on any atom is -0.489 e. The van der Waals surface area contributed by atoms with Gasteiger partial charge in [-0.05, 0) is 36.1 Å². The Bertz CT molecular complexity index is 1030. The zero-order valence-corrected chi connectivity index (χ0v) is 14.5. The van der Waals surface area contributed by atoms with Crippen LogP contribution in [0, 0.1) is 11.6 Å². The fourth-order valence-electron chi connectivity index (χ4n) is 2.77. The number of fused-ring (bicyclic) bond motifs is 1. The number of hydrogen-bond donors (Lipinski definition) is 0. The molecule has 0 amide bonds. The van der Waals surface area contributed by atoms with Crippen molar-refractivity contribution in [3.8, 4) is 16.9 Å². The molecule has 138 valence electrons. The number of ether oxygens (including phenoxy) is 1. The van der Waals surface area contributed by atoms with Crippen molar-refractivity contribution >= 4 is 16.8 Å². The van der Waals surface area contributed by atoms with E-state index in [0.717, 1.165) is 0 Å². The maximum absolute atomic E-state index is 14.5. The summed E-state index contributed by atoms with van der Waals surface area (Å²) in [7, 11) is 0. The summed E-state index contributed by atoms with van der Waals surface area (Å²) < 4.78 is 59.0. The molecule has 0 heterocycles. The first-order valence-corrected chi connectivity index (χ1v) is 8.28. The third-order valence-corrected chi connectivity index (χ3v) is 4.08. The van der Waals surface area contributed by atoms with Gasteiger partial charge in [0.05, 0.1) is 0 Å². The third kappa shape index (κ3) is 4.19. The van der Waals surface area contributed by atoms with Crippen LogP contribution in [0.5, 0.6) is 5.75 Å². The molecule has 0 N–H and O–H groups in total. The van der Waals surface area contributed by atoms with Crippen molar-refractivity contribution < 1.29 is 22.3 Å². The van der Waals surface area contributed by atoms with E-state index in [1.807, 2.05) is 19.1 Å². The predicted molar refractivity (Wildman–Crippen MR) is 99.8 cm³/mol. The summed E-state index contributed by atoms with van der Waals surface area (Å²) in [6.45, 7) is 2.21. The molecule has 0 saturated carbocycles. The van der Waals surface area contributed by atoms with E-state index in [1.165, 1.54) is 24.3 Å². The second-order valence-electron chi connectivity index (χ2n) is 5.86. The third-order valence-electron chi connectivity index (χ3n) is 4.08. The maximum atomic E-state index is 14.5. The topological polar surface area (TPSA) is 9.23 Å². The summed E-state index contributed by atoms with van der Waals surface area (Å²) in [6.07, 6.45) is 2.16. The van der Waals surface area contributed by atoms with Gasteiger partial charge in [0.15, 0.2) is 0 Å². The van der Waals surface area contributed by atoms with Crippen LogP contribution in [-0.4, -0.2) is 6.61 Å². The Balaban J connectivity index is 1.97. The molecule has 0 bridgehead atoms. The summed E-state index contributed by atoms with van der Waals surface area (Å²) in [6, 6.07) is 12.0. The first-order valence-electron chi connectivity index (χ1n) is 8.28. The average Bonchev–Trinajstić information content (AvgIpc) is 2.64. The van der Waals surface area contributed by atoms with Crippen molar-refractivity contribution in [1.29, 1.82) is 0 Å². The lowest BCUT2D eigenvalue weighted by atomic mass is 9.99. The quantitative estimate of drug-likeness (QED) is 0.347. The molecule has 1 nitrogen and oxygen atoms in total. The molecule has 5 heteroatoms. The molecule has 0 radical (unpaired) electrons. The Morgan fingerprint density at radius 3 is 2.52 bits per heavy atom. The van der Waals surface area contributed by atoms with Gasteiger partial charge in [-0.2, -0.15) is 8.78 Å². The van der Waals surface area contributed by atoms with Crippen molar-refractivity contribution in [3.05, 3.63) is 84.0 Å². The first kappa shape index (κ1) is 18.7. The van der Waals surface area contributed by atoms with Crippen molar-refractivity contribution in [2.24, 2.45) is 0 Å². The molecule has 0 saturated heterocycles. The highest BCUT2D eigenvalue weighted by molar-refractivity contribution is 5.89. The van der Waals surface area contributed by atoms with E-state index in [0.29, 0.717) is 34.9 Å². The van der Waals surface area contributed by atoms with Gasteiger partial charge >= 0.3 is 0 Å². The van der Waals surface area contributed by atoms with Gasteiger partial charge in [0.1, 0.15) is 24.0 Å². The average molecular weight is 372 g/mol. The zero-order chi connectivity index (χ0) is 19.4. The number of hydrogen-bond acceptors (Lipinski definition) is 1. The van der Waals surface area contributed by atoms with Gasteiger partial charge in [-0.3, -0.25) is 0 Å². The van der Waals surface area contributed by atoms with Gasteiger partial charge in [-0.15, -0.1) is 0 Å². The smallest absolute Gasteiger partial charge is 0.271 e. The highest BCUT2D eigenvalue weighted by Gasteiger charge is 2.11. The molecule has 3 rings (SSSR count). The number of rotatable bonds is 5. The van der Waals surface area contributed by atoms with Crippen LogP contribution < -0.4 is 4.74 Å². The summed E-state index contributed by atoms with van der Waals surface area (Å²) in [5, 5.41) is 0.690. The number of allylic oxidation sites excluding steroid dienone is 1. The Kier molecular flexibility index (Phi) is 5.60. The van der Waals surface area contributed by atoms with Gasteiger partial charge in [0.2, 0.25) is 0 Å². The minimum atomic E-state index is -1.97. The molecule has 27 heavy (non-hydrogen) atoms. The lowest BCUT2D eigenvalue weighted by Gasteiger charge is -2.09. The fraction of sp³-hybridized carbons (Fsp3) is 0.0909. The Morgan fingerprint density at radius 1 is 1.00 bits per heavy atom. The fourth-order valence-corrected chi connectivity index (χ4v) is 2.77. The monoisotopic (exact) mass is 372 g/mol. The van der Waals surface area contributed by atoms with Crippen LogP contribution in [0.2, 0.25) is 0 Å². The van der Waals surface area contributed by atoms with Crippen molar-refractivity contribution in [2.45, 2.75) is 6.92 Å². The standard InChI is InChI=1S/C22H16F4O/c1-2-3-10-27-17-7-9-18(20(23)13-17)14-6-8-19-15(11-14)4-5-16(22(19)26)12-21(24)25/h2-9,11-13H,10H2,1H3. The van der Waals surface area contributed by atoms with Crippen LogP contribution in [-0.2, 0) is 0 Å². The molecule has 0 aliphatic rings. The van der Waals surface area contributed by atoms with Crippen molar-refractivity contribution in [3.63, 3.8) is 0 Å². The molecule has 0 aliphatic carbocycles. The normalized spacial score (nSPS) is 11.1. The van der Waals surface area contributed by atoms with E-state index < -0.39 is 17.7 Å². The molecule has 3 aromatic rings. The van der Waals surface area contributed by atoms with E-state index in [4.69, 9.17) is 4.74 Å². The van der Waals surface area contributed by atoms with Crippen LogP contribution in [0.25, 0.3) is 28.0 Å². The molecule has 0 aromatic heterocycles. The molecule has 0 fully saturated rings. The number of halogens is 4. The molecule has 0 spiro atoms. The molecule has 0 unspecified atom stereocenters. The lowest BCUT2D eigenvalue weighted by Crippen LogP contribution is -1.94. The van der Waals surface area contributed by atoms with Crippen LogP contribution >= 0.6 is 0 Å². The number of benzene rings is 3. The first-order chi connectivity index (χ1) is 13.0. The zero-order valence-electron chi connectivity index (χ0n) is 14.5. The minimum absolute atomic E-state index is 0.191. The molecule has 0 atom stereocenters. The van der Waals surface area contributed by atoms with E-state index in [2.05, 4.69) is 0 Å². The van der Waals surface area contributed by atoms with Gasteiger partial charge in [-0.1, -0.05) is 36.4 Å². The molecule has 3 aromatic carbocycles.